The molecule has 0 fully saturated rings. The summed E-state index contributed by atoms with van der Waals surface area (Å²) in [6, 6.07) is 7.99. The highest BCUT2D eigenvalue weighted by atomic mass is 32.1. The Balaban J connectivity index is 1.97. The van der Waals surface area contributed by atoms with Crippen molar-refractivity contribution in [3.63, 3.8) is 0 Å². The van der Waals surface area contributed by atoms with E-state index in [-0.39, 0.29) is 30.2 Å². The van der Waals surface area contributed by atoms with E-state index in [1.807, 2.05) is 0 Å². The maximum absolute atomic E-state index is 11.9. The van der Waals surface area contributed by atoms with E-state index in [0.29, 0.717) is 16.1 Å². The van der Waals surface area contributed by atoms with Gasteiger partial charge in [-0.1, -0.05) is 12.1 Å². The van der Waals surface area contributed by atoms with Crippen LogP contribution in [0.2, 0.25) is 0 Å². The zero-order valence-corrected chi connectivity index (χ0v) is 12.7. The maximum atomic E-state index is 11.9. The lowest BCUT2D eigenvalue weighted by Crippen LogP contribution is -2.14. The molecular formula is C15H14N2O4S. The van der Waals surface area contributed by atoms with E-state index in [1.165, 1.54) is 23.5 Å². The number of benzene rings is 1. The number of anilines is 1. The molecule has 1 amide bonds. The van der Waals surface area contributed by atoms with Crippen LogP contribution in [-0.4, -0.2) is 16.6 Å². The summed E-state index contributed by atoms with van der Waals surface area (Å²) in [5.41, 5.74) is 0.737. The summed E-state index contributed by atoms with van der Waals surface area (Å²) >= 11 is 1.34. The number of carbonyl (C=O) groups is 2. The number of nitro groups is 1. The molecule has 0 aliphatic rings. The predicted molar refractivity (Wildman–Crippen MR) is 84.3 cm³/mol. The molecule has 0 radical (unpaired) electrons. The van der Waals surface area contributed by atoms with Crippen LogP contribution in [-0.2, 0) is 4.79 Å². The lowest BCUT2D eigenvalue weighted by molar-refractivity contribution is -0.385. The van der Waals surface area contributed by atoms with Gasteiger partial charge in [0.25, 0.3) is 5.69 Å². The monoisotopic (exact) mass is 318 g/mol. The molecule has 2 aromatic rings. The normalized spacial score (nSPS) is 10.2. The average Bonchev–Trinajstić information content (AvgIpc) is 3.01. The molecule has 0 aliphatic heterocycles. The van der Waals surface area contributed by atoms with Gasteiger partial charge in [0.2, 0.25) is 5.91 Å². The van der Waals surface area contributed by atoms with Crippen LogP contribution < -0.4 is 5.32 Å². The van der Waals surface area contributed by atoms with Crippen molar-refractivity contribution in [2.75, 3.05) is 5.32 Å². The number of carbonyl (C=O) groups excluding carboxylic acids is 2. The highest BCUT2D eigenvalue weighted by Crippen LogP contribution is 2.25. The number of nitro benzene ring substituents is 1. The van der Waals surface area contributed by atoms with Crippen molar-refractivity contribution in [3.8, 4) is 0 Å². The number of hydrogen-bond donors (Lipinski definition) is 1. The van der Waals surface area contributed by atoms with E-state index < -0.39 is 4.92 Å². The third kappa shape index (κ3) is 3.76. The number of thiophene rings is 1. The van der Waals surface area contributed by atoms with E-state index in [9.17, 15) is 19.7 Å². The summed E-state index contributed by atoms with van der Waals surface area (Å²) in [4.78, 5) is 34.7. The molecule has 0 atom stereocenters. The van der Waals surface area contributed by atoms with Crippen molar-refractivity contribution in [3.05, 3.63) is 56.3 Å². The minimum atomic E-state index is -0.495. The Hall–Kier alpha value is -2.54. The molecule has 0 bridgehead atoms. The minimum Gasteiger partial charge on any atom is -0.326 e. The molecule has 2 rings (SSSR count). The average molecular weight is 318 g/mol. The Kier molecular flexibility index (Phi) is 5.00. The van der Waals surface area contributed by atoms with Gasteiger partial charge in [-0.25, -0.2) is 0 Å². The zero-order valence-electron chi connectivity index (χ0n) is 11.9. The van der Waals surface area contributed by atoms with Crippen LogP contribution in [0.1, 0.15) is 28.1 Å². The topological polar surface area (TPSA) is 89.3 Å². The van der Waals surface area contributed by atoms with Crippen LogP contribution in [0.15, 0.2) is 35.7 Å². The second-order valence-corrected chi connectivity index (χ2v) is 5.60. The van der Waals surface area contributed by atoms with Gasteiger partial charge in [0.15, 0.2) is 5.78 Å². The second kappa shape index (κ2) is 6.95. The Labute approximate surface area is 130 Å². The Morgan fingerprint density at radius 3 is 2.64 bits per heavy atom. The Morgan fingerprint density at radius 2 is 2.00 bits per heavy atom. The number of amides is 1. The van der Waals surface area contributed by atoms with Crippen molar-refractivity contribution in [1.29, 1.82) is 0 Å². The zero-order chi connectivity index (χ0) is 16.1. The van der Waals surface area contributed by atoms with Crippen LogP contribution in [0.4, 0.5) is 11.4 Å². The number of Topliss-reactive ketones (excluding diaryl/α,β-unsaturated/α-hetero) is 1. The van der Waals surface area contributed by atoms with Gasteiger partial charge in [0.1, 0.15) is 0 Å². The number of hydrogen-bond acceptors (Lipinski definition) is 5. The molecule has 1 N–H and O–H groups in total. The smallest absolute Gasteiger partial charge is 0.274 e. The third-order valence-corrected chi connectivity index (χ3v) is 4.06. The largest absolute Gasteiger partial charge is 0.326 e. The first-order chi connectivity index (χ1) is 10.5. The summed E-state index contributed by atoms with van der Waals surface area (Å²) < 4.78 is 0. The van der Waals surface area contributed by atoms with Gasteiger partial charge in [0.05, 0.1) is 21.1 Å². The SMILES string of the molecule is Cc1c(NC(=O)CCC(=O)c2cccs2)cccc1[N+](=O)[O-]. The molecule has 114 valence electrons. The molecule has 6 nitrogen and oxygen atoms in total. The summed E-state index contributed by atoms with van der Waals surface area (Å²) in [7, 11) is 0. The number of rotatable bonds is 6. The number of ketones is 1. The quantitative estimate of drug-likeness (QED) is 0.501. The van der Waals surface area contributed by atoms with Crippen molar-refractivity contribution >= 4 is 34.4 Å². The van der Waals surface area contributed by atoms with Gasteiger partial charge in [-0.15, -0.1) is 11.3 Å². The van der Waals surface area contributed by atoms with Gasteiger partial charge in [-0.2, -0.15) is 0 Å². The van der Waals surface area contributed by atoms with E-state index >= 15 is 0 Å². The van der Waals surface area contributed by atoms with Crippen molar-refractivity contribution in [2.24, 2.45) is 0 Å². The summed E-state index contributed by atoms with van der Waals surface area (Å²) in [5, 5.41) is 15.3. The molecule has 1 aromatic heterocycles. The van der Waals surface area contributed by atoms with Crippen LogP contribution in [0.25, 0.3) is 0 Å². The van der Waals surface area contributed by atoms with E-state index in [4.69, 9.17) is 0 Å². The Morgan fingerprint density at radius 1 is 1.23 bits per heavy atom. The highest BCUT2D eigenvalue weighted by molar-refractivity contribution is 7.12. The number of nitrogens with one attached hydrogen (secondary N) is 1. The molecule has 22 heavy (non-hydrogen) atoms. The first-order valence-electron chi connectivity index (χ1n) is 6.59. The molecule has 0 unspecified atom stereocenters. The first-order valence-corrected chi connectivity index (χ1v) is 7.47. The Bertz CT molecular complexity index is 710. The lowest BCUT2D eigenvalue weighted by Gasteiger charge is -2.08. The summed E-state index contributed by atoms with van der Waals surface area (Å²) in [6.07, 6.45) is 0.152. The predicted octanol–water partition coefficient (Wildman–Crippen LogP) is 3.57. The van der Waals surface area contributed by atoms with E-state index in [1.54, 1.807) is 30.5 Å². The van der Waals surface area contributed by atoms with Crippen LogP contribution in [0.5, 0.6) is 0 Å². The van der Waals surface area contributed by atoms with Gasteiger partial charge in [-0.05, 0) is 24.4 Å². The van der Waals surface area contributed by atoms with Crippen molar-refractivity contribution in [1.82, 2.24) is 0 Å². The fraction of sp³-hybridized carbons (Fsp3) is 0.200. The highest BCUT2D eigenvalue weighted by Gasteiger charge is 2.15. The van der Waals surface area contributed by atoms with E-state index in [2.05, 4.69) is 5.32 Å². The molecule has 7 heteroatoms. The van der Waals surface area contributed by atoms with Crippen molar-refractivity contribution < 1.29 is 14.5 Å². The molecule has 0 aliphatic carbocycles. The fourth-order valence-corrected chi connectivity index (χ4v) is 2.65. The van der Waals surface area contributed by atoms with Crippen molar-refractivity contribution in [2.45, 2.75) is 19.8 Å². The first kappa shape index (κ1) is 15.8. The third-order valence-electron chi connectivity index (χ3n) is 3.15. The summed E-state index contributed by atoms with van der Waals surface area (Å²) in [6.45, 7) is 1.57. The molecule has 1 heterocycles. The van der Waals surface area contributed by atoms with Crippen LogP contribution >= 0.6 is 11.3 Å². The van der Waals surface area contributed by atoms with Crippen LogP contribution in [0.3, 0.4) is 0 Å². The maximum Gasteiger partial charge on any atom is 0.274 e. The number of nitrogens with zero attached hydrogens (tertiary/aromatic N) is 1. The molecule has 0 spiro atoms. The lowest BCUT2D eigenvalue weighted by atomic mass is 10.1. The molecular weight excluding hydrogens is 304 g/mol. The van der Waals surface area contributed by atoms with Crippen LogP contribution in [0, 0.1) is 17.0 Å². The second-order valence-electron chi connectivity index (χ2n) is 4.66. The van der Waals surface area contributed by atoms with Gasteiger partial charge in [-0.3, -0.25) is 19.7 Å². The van der Waals surface area contributed by atoms with Gasteiger partial charge >= 0.3 is 0 Å². The molecule has 0 saturated carbocycles. The van der Waals surface area contributed by atoms with Gasteiger partial charge in [0, 0.05) is 18.9 Å². The molecule has 1 aromatic carbocycles. The standard InChI is InChI=1S/C15H14N2O4S/c1-10-11(4-2-5-12(10)17(20)21)16-15(19)8-7-13(18)14-6-3-9-22-14/h2-6,9H,7-8H2,1H3,(H,16,19). The minimum absolute atomic E-state index is 0.0405. The summed E-state index contributed by atoms with van der Waals surface area (Å²) in [5.74, 6) is -0.422. The van der Waals surface area contributed by atoms with Gasteiger partial charge < -0.3 is 5.32 Å². The fourth-order valence-electron chi connectivity index (χ4n) is 1.96. The van der Waals surface area contributed by atoms with E-state index in [0.717, 1.165) is 0 Å². The molecule has 0 saturated heterocycles.